The summed E-state index contributed by atoms with van der Waals surface area (Å²) in [6.07, 6.45) is 2.25. The number of pyridine rings is 1. The quantitative estimate of drug-likeness (QED) is 0.0890. The number of fused-ring (bicyclic) bond motifs is 2. The molecule has 3 aliphatic heterocycles. The van der Waals surface area contributed by atoms with Gasteiger partial charge in [-0.25, -0.2) is 14.5 Å². The van der Waals surface area contributed by atoms with E-state index in [9.17, 15) is 27.6 Å². The summed E-state index contributed by atoms with van der Waals surface area (Å²) < 4.78 is 41.8. The fourth-order valence-corrected chi connectivity index (χ4v) is 9.56. The van der Waals surface area contributed by atoms with E-state index in [1.54, 1.807) is 11.9 Å². The number of nitrogens with zero attached hydrogens (tertiary/aromatic N) is 7. The minimum absolute atomic E-state index is 0.167. The number of amides is 3. The molecule has 2 aromatic heterocycles. The Hall–Kier alpha value is -6.62. The minimum atomic E-state index is -4.46. The summed E-state index contributed by atoms with van der Waals surface area (Å²) in [7, 11) is 1.59. The molecule has 0 radical (unpaired) electrons. The van der Waals surface area contributed by atoms with Crippen molar-refractivity contribution in [2.75, 3.05) is 84.7 Å². The number of carbonyl (C=O) groups is 3. The third kappa shape index (κ3) is 9.32. The highest BCUT2D eigenvalue weighted by Gasteiger charge is 2.45. The SMILES string of the molecule is CNC(=O)N(CCC=O)c1ccc(N2CCC(CN3CCN(c4ccc5c(c4)CCn4nc(-c6ccc(C7(Nc8cc(C(F)(F)F)ccn8)CC7)cc6)c(C(N)=O)c4N5)CC3)CC2)cc1. The van der Waals surface area contributed by atoms with Crippen LogP contribution in [0.25, 0.3) is 11.3 Å². The number of piperidine rings is 1. The second-order valence-corrected chi connectivity index (χ2v) is 17.5. The second-order valence-electron chi connectivity index (χ2n) is 17.5. The Labute approximate surface area is 376 Å². The predicted molar refractivity (Wildman–Crippen MR) is 246 cm³/mol. The van der Waals surface area contributed by atoms with Crippen LogP contribution in [-0.4, -0.2) is 97.3 Å². The van der Waals surface area contributed by atoms with Crippen LogP contribution in [0.15, 0.2) is 85.1 Å². The molecule has 3 aromatic carbocycles. The second kappa shape index (κ2) is 18.1. The maximum atomic E-state index is 13.3. The molecule has 4 aliphatic rings. The number of aromatic nitrogens is 3. The lowest BCUT2D eigenvalue weighted by Crippen LogP contribution is -2.49. The van der Waals surface area contributed by atoms with Crippen molar-refractivity contribution in [3.63, 3.8) is 0 Å². The minimum Gasteiger partial charge on any atom is -0.372 e. The number of anilines is 6. The summed E-state index contributed by atoms with van der Waals surface area (Å²) in [6, 6.07) is 23.8. The highest BCUT2D eigenvalue weighted by molar-refractivity contribution is 6.04. The van der Waals surface area contributed by atoms with Gasteiger partial charge in [0.2, 0.25) is 0 Å². The van der Waals surface area contributed by atoms with Gasteiger partial charge in [0.05, 0.1) is 11.1 Å². The van der Waals surface area contributed by atoms with Crippen molar-refractivity contribution in [2.45, 2.75) is 56.8 Å². The molecule has 340 valence electrons. The molecular formula is C48H54F3N11O3. The first-order valence-corrected chi connectivity index (χ1v) is 22.4. The summed E-state index contributed by atoms with van der Waals surface area (Å²) in [5.74, 6) is 0.756. The van der Waals surface area contributed by atoms with Gasteiger partial charge in [-0.05, 0) is 104 Å². The molecule has 14 nitrogen and oxygen atoms in total. The van der Waals surface area contributed by atoms with Crippen LogP contribution in [0.4, 0.5) is 52.4 Å². The first kappa shape index (κ1) is 43.6. The van der Waals surface area contributed by atoms with Gasteiger partial charge in [-0.2, -0.15) is 18.3 Å². The average molecular weight is 890 g/mol. The van der Waals surface area contributed by atoms with Crippen LogP contribution in [0.3, 0.4) is 0 Å². The number of aldehydes is 1. The molecule has 1 aliphatic carbocycles. The summed E-state index contributed by atoms with van der Waals surface area (Å²) >= 11 is 0. The van der Waals surface area contributed by atoms with Gasteiger partial charge < -0.3 is 36.3 Å². The highest BCUT2D eigenvalue weighted by Crippen LogP contribution is 2.49. The summed E-state index contributed by atoms with van der Waals surface area (Å²) in [4.78, 5) is 49.6. The molecule has 0 atom stereocenters. The van der Waals surface area contributed by atoms with E-state index in [1.807, 2.05) is 41.1 Å². The zero-order chi connectivity index (χ0) is 45.3. The van der Waals surface area contributed by atoms with Crippen molar-refractivity contribution in [2.24, 2.45) is 11.7 Å². The Morgan fingerprint density at radius 3 is 2.28 bits per heavy atom. The molecular weight excluding hydrogens is 836 g/mol. The molecule has 1 saturated carbocycles. The molecule has 65 heavy (non-hydrogen) atoms. The topological polar surface area (TPSA) is 157 Å². The highest BCUT2D eigenvalue weighted by atomic mass is 19.4. The van der Waals surface area contributed by atoms with E-state index >= 15 is 0 Å². The van der Waals surface area contributed by atoms with E-state index in [2.05, 4.69) is 66.0 Å². The van der Waals surface area contributed by atoms with E-state index in [-0.39, 0.29) is 18.3 Å². The zero-order valence-corrected chi connectivity index (χ0v) is 36.4. The van der Waals surface area contributed by atoms with Crippen LogP contribution >= 0.6 is 0 Å². The van der Waals surface area contributed by atoms with Gasteiger partial charge in [0, 0.05) is 107 Å². The Morgan fingerprint density at radius 1 is 0.908 bits per heavy atom. The molecule has 3 amide bonds. The smallest absolute Gasteiger partial charge is 0.372 e. The maximum absolute atomic E-state index is 13.3. The summed E-state index contributed by atoms with van der Waals surface area (Å²) in [5, 5.41) is 14.3. The van der Waals surface area contributed by atoms with Crippen molar-refractivity contribution in [3.05, 3.63) is 107 Å². The molecule has 5 aromatic rings. The van der Waals surface area contributed by atoms with E-state index < -0.39 is 23.2 Å². The van der Waals surface area contributed by atoms with E-state index in [1.165, 1.54) is 5.69 Å². The molecule has 0 unspecified atom stereocenters. The Morgan fingerprint density at radius 2 is 1.62 bits per heavy atom. The number of carbonyl (C=O) groups excluding carboxylic acids is 3. The number of aryl methyl sites for hydroxylation is 2. The van der Waals surface area contributed by atoms with E-state index in [4.69, 9.17) is 10.8 Å². The third-order valence-electron chi connectivity index (χ3n) is 13.4. The summed E-state index contributed by atoms with van der Waals surface area (Å²) in [6.45, 7) is 7.81. The molecule has 9 rings (SSSR count). The van der Waals surface area contributed by atoms with Gasteiger partial charge in [-0.15, -0.1) is 0 Å². The number of hydrogen-bond donors (Lipinski definition) is 4. The van der Waals surface area contributed by atoms with Crippen LogP contribution in [-0.2, 0) is 29.5 Å². The lowest BCUT2D eigenvalue weighted by Gasteiger charge is -2.40. The Bertz CT molecular complexity index is 2530. The number of hydrogen-bond acceptors (Lipinski definition) is 10. The van der Waals surface area contributed by atoms with Crippen molar-refractivity contribution in [3.8, 4) is 11.3 Å². The van der Waals surface area contributed by atoms with Gasteiger partial charge in [-0.3, -0.25) is 14.6 Å². The van der Waals surface area contributed by atoms with Crippen LogP contribution in [0.5, 0.6) is 0 Å². The van der Waals surface area contributed by atoms with Crippen molar-refractivity contribution < 1.29 is 27.6 Å². The van der Waals surface area contributed by atoms with Crippen LogP contribution in [0, 0.1) is 5.92 Å². The lowest BCUT2D eigenvalue weighted by molar-refractivity contribution is -0.137. The van der Waals surface area contributed by atoms with Gasteiger partial charge in [0.1, 0.15) is 29.2 Å². The van der Waals surface area contributed by atoms with Gasteiger partial charge in [0.15, 0.2) is 0 Å². The average Bonchev–Trinajstić information content (AvgIpc) is 4.05. The standard InChI is InChI=1S/C48H54F3N11O3/c1-53-46(65)61(20-2-28-63)38-9-7-37(8-10-38)59-21-14-32(15-22-59)31-58-24-26-60(27-25-58)39-11-12-40-34(29-39)16-23-62-45(55-40)42(44(52)64)43(57-62)33-3-5-35(6-4-33)47(17-18-47)56-41-30-36(13-19-54-41)48(49,50)51/h3-13,19,28-30,32,55H,2,14-18,20-27,31H2,1H3,(H2,52,64)(H,53,65)(H,54,56). The third-order valence-corrected chi connectivity index (χ3v) is 13.4. The Balaban J connectivity index is 0.788. The normalized spacial score (nSPS) is 17.3. The van der Waals surface area contributed by atoms with Crippen molar-refractivity contribution >= 4 is 52.6 Å². The number of urea groups is 1. The predicted octanol–water partition coefficient (Wildman–Crippen LogP) is 7.24. The number of nitrogens with one attached hydrogen (secondary N) is 3. The molecule has 17 heteroatoms. The largest absolute Gasteiger partial charge is 0.416 e. The molecule has 3 fully saturated rings. The monoisotopic (exact) mass is 889 g/mol. The number of nitrogens with two attached hydrogens (primary N) is 1. The molecule has 5 heterocycles. The van der Waals surface area contributed by atoms with Crippen LogP contribution < -0.4 is 36.4 Å². The molecule has 5 N–H and O–H groups in total. The first-order valence-electron chi connectivity index (χ1n) is 22.4. The fourth-order valence-electron chi connectivity index (χ4n) is 9.56. The molecule has 2 saturated heterocycles. The first-order chi connectivity index (χ1) is 31.4. The Kier molecular flexibility index (Phi) is 12.1. The van der Waals surface area contributed by atoms with Crippen LogP contribution in [0.1, 0.15) is 59.2 Å². The fraction of sp³-hybridized carbons (Fsp3) is 0.396. The molecule has 0 bridgehead atoms. The molecule has 0 spiro atoms. The summed E-state index contributed by atoms with van der Waals surface area (Å²) in [5.41, 5.74) is 12.3. The number of alkyl halides is 3. The van der Waals surface area contributed by atoms with Crippen LogP contribution in [0.2, 0.25) is 0 Å². The van der Waals surface area contributed by atoms with Gasteiger partial charge in [0.25, 0.3) is 5.91 Å². The van der Waals surface area contributed by atoms with E-state index in [0.717, 1.165) is 124 Å². The lowest BCUT2D eigenvalue weighted by atomic mass is 9.95. The number of primary amides is 1. The van der Waals surface area contributed by atoms with Crippen molar-refractivity contribution in [1.82, 2.24) is 25.0 Å². The van der Waals surface area contributed by atoms with Crippen molar-refractivity contribution in [1.29, 1.82) is 0 Å². The van der Waals surface area contributed by atoms with Gasteiger partial charge >= 0.3 is 12.2 Å². The van der Waals surface area contributed by atoms with E-state index in [0.29, 0.717) is 48.1 Å². The number of rotatable bonds is 13. The number of halogens is 3. The van der Waals surface area contributed by atoms with Gasteiger partial charge in [-0.1, -0.05) is 24.3 Å². The number of benzene rings is 3. The number of piperazine rings is 1. The maximum Gasteiger partial charge on any atom is 0.416 e. The zero-order valence-electron chi connectivity index (χ0n) is 36.4.